The lowest BCUT2D eigenvalue weighted by atomic mass is 9.78. The SMILES string of the molecule is C1CC2CCC1=C1CC12. The van der Waals surface area contributed by atoms with Crippen LogP contribution in [0.3, 0.4) is 0 Å². The minimum absolute atomic E-state index is 1.11. The summed E-state index contributed by atoms with van der Waals surface area (Å²) in [6, 6.07) is 0. The summed E-state index contributed by atoms with van der Waals surface area (Å²) in [4.78, 5) is 0. The van der Waals surface area contributed by atoms with Gasteiger partial charge in [-0.2, -0.15) is 0 Å². The van der Waals surface area contributed by atoms with Gasteiger partial charge in [0.25, 0.3) is 0 Å². The fourth-order valence-electron chi connectivity index (χ4n) is 2.75. The minimum Gasteiger partial charge on any atom is -0.0707 e. The molecule has 0 amide bonds. The molecule has 2 saturated carbocycles. The molecule has 0 spiro atoms. The molecular formula is C9H12. The third kappa shape index (κ3) is 0.452. The highest BCUT2D eigenvalue weighted by Crippen LogP contribution is 2.58. The highest BCUT2D eigenvalue weighted by Gasteiger charge is 2.44. The average Bonchev–Trinajstić information content (AvgIpc) is 2.68. The van der Waals surface area contributed by atoms with E-state index in [9.17, 15) is 0 Å². The zero-order chi connectivity index (χ0) is 5.84. The van der Waals surface area contributed by atoms with E-state index in [1.807, 2.05) is 11.1 Å². The van der Waals surface area contributed by atoms with Gasteiger partial charge in [0.15, 0.2) is 0 Å². The molecule has 2 fully saturated rings. The van der Waals surface area contributed by atoms with Crippen molar-refractivity contribution in [2.45, 2.75) is 32.1 Å². The fraction of sp³-hybridized carbons (Fsp3) is 0.778. The Morgan fingerprint density at radius 3 is 2.33 bits per heavy atom. The summed E-state index contributed by atoms with van der Waals surface area (Å²) in [6.07, 6.45) is 7.50. The molecule has 0 aliphatic heterocycles. The molecule has 0 heterocycles. The maximum Gasteiger partial charge on any atom is -0.0134 e. The number of rotatable bonds is 0. The van der Waals surface area contributed by atoms with Crippen LogP contribution in [0.15, 0.2) is 11.1 Å². The lowest BCUT2D eigenvalue weighted by molar-refractivity contribution is 0.353. The topological polar surface area (TPSA) is 0 Å². The fourth-order valence-corrected chi connectivity index (χ4v) is 2.75. The van der Waals surface area contributed by atoms with E-state index in [-0.39, 0.29) is 0 Å². The van der Waals surface area contributed by atoms with Crippen molar-refractivity contribution in [2.24, 2.45) is 11.8 Å². The maximum atomic E-state index is 1.89. The Bertz CT molecular complexity index is 178. The Morgan fingerprint density at radius 2 is 1.89 bits per heavy atom. The van der Waals surface area contributed by atoms with Crippen LogP contribution >= 0.6 is 0 Å². The summed E-state index contributed by atoms with van der Waals surface area (Å²) in [5.41, 5.74) is 3.75. The van der Waals surface area contributed by atoms with Crippen LogP contribution in [-0.4, -0.2) is 0 Å². The molecule has 0 aromatic heterocycles. The first-order chi connectivity index (χ1) is 4.45. The number of fused-ring (bicyclic) bond motifs is 2. The minimum atomic E-state index is 1.11. The van der Waals surface area contributed by atoms with Crippen molar-refractivity contribution in [2.75, 3.05) is 0 Å². The van der Waals surface area contributed by atoms with Gasteiger partial charge < -0.3 is 0 Å². The molecule has 0 saturated heterocycles. The van der Waals surface area contributed by atoms with Crippen LogP contribution in [0.25, 0.3) is 0 Å². The van der Waals surface area contributed by atoms with Crippen LogP contribution in [-0.2, 0) is 0 Å². The molecule has 0 aromatic rings. The zero-order valence-corrected chi connectivity index (χ0v) is 5.69. The van der Waals surface area contributed by atoms with Gasteiger partial charge in [-0.05, 0) is 43.9 Å². The van der Waals surface area contributed by atoms with E-state index in [1.165, 1.54) is 32.1 Å². The molecule has 0 N–H and O–H groups in total. The molecule has 1 unspecified atom stereocenters. The molecule has 0 aromatic carbocycles. The van der Waals surface area contributed by atoms with E-state index < -0.39 is 0 Å². The summed E-state index contributed by atoms with van der Waals surface area (Å²) in [6.45, 7) is 0. The summed E-state index contributed by atoms with van der Waals surface area (Å²) in [7, 11) is 0. The molecule has 0 heteroatoms. The molecular weight excluding hydrogens is 108 g/mol. The van der Waals surface area contributed by atoms with Gasteiger partial charge >= 0.3 is 0 Å². The first kappa shape index (κ1) is 4.54. The Balaban J connectivity index is 2.13. The molecule has 4 aliphatic rings. The molecule has 48 valence electrons. The largest absolute Gasteiger partial charge is 0.0707 e. The van der Waals surface area contributed by atoms with Crippen LogP contribution in [0.5, 0.6) is 0 Å². The van der Waals surface area contributed by atoms with Crippen LogP contribution in [0.4, 0.5) is 0 Å². The third-order valence-electron chi connectivity index (χ3n) is 3.38. The van der Waals surface area contributed by atoms with E-state index in [4.69, 9.17) is 0 Å². The quantitative estimate of drug-likeness (QED) is 0.431. The molecule has 4 aliphatic carbocycles. The Kier molecular flexibility index (Phi) is 0.633. The van der Waals surface area contributed by atoms with E-state index in [0.29, 0.717) is 0 Å². The maximum absolute atomic E-state index is 1.89. The van der Waals surface area contributed by atoms with Gasteiger partial charge in [-0.1, -0.05) is 11.1 Å². The van der Waals surface area contributed by atoms with Crippen LogP contribution in [0.1, 0.15) is 32.1 Å². The first-order valence-electron chi connectivity index (χ1n) is 4.16. The molecule has 2 bridgehead atoms. The van der Waals surface area contributed by atoms with Gasteiger partial charge in [-0.15, -0.1) is 0 Å². The standard InChI is InChI=1S/C9H12/c1-2-7-4-3-6(1)8-5-9(7)8/h6,8H,1-5H2. The van der Waals surface area contributed by atoms with Crippen molar-refractivity contribution >= 4 is 0 Å². The molecule has 4 rings (SSSR count). The Hall–Kier alpha value is -0.260. The summed E-state index contributed by atoms with van der Waals surface area (Å²) in [5, 5.41) is 0. The summed E-state index contributed by atoms with van der Waals surface area (Å²) < 4.78 is 0. The summed E-state index contributed by atoms with van der Waals surface area (Å²) >= 11 is 0. The second-order valence-electron chi connectivity index (χ2n) is 3.78. The van der Waals surface area contributed by atoms with Crippen molar-refractivity contribution in [3.63, 3.8) is 0 Å². The third-order valence-corrected chi connectivity index (χ3v) is 3.38. The molecule has 1 atom stereocenters. The van der Waals surface area contributed by atoms with Crippen molar-refractivity contribution < 1.29 is 0 Å². The Morgan fingerprint density at radius 1 is 1.11 bits per heavy atom. The van der Waals surface area contributed by atoms with Gasteiger partial charge in [0, 0.05) is 0 Å². The van der Waals surface area contributed by atoms with E-state index in [2.05, 4.69) is 0 Å². The van der Waals surface area contributed by atoms with E-state index in [0.717, 1.165) is 11.8 Å². The van der Waals surface area contributed by atoms with Gasteiger partial charge in [0.05, 0.1) is 0 Å². The highest BCUT2D eigenvalue weighted by atomic mass is 14.5. The molecule has 9 heavy (non-hydrogen) atoms. The van der Waals surface area contributed by atoms with Crippen molar-refractivity contribution in [1.82, 2.24) is 0 Å². The van der Waals surface area contributed by atoms with Gasteiger partial charge in [0.1, 0.15) is 0 Å². The smallest absolute Gasteiger partial charge is 0.0134 e. The predicted octanol–water partition coefficient (Wildman–Crippen LogP) is 2.51. The number of hydrogen-bond acceptors (Lipinski definition) is 0. The van der Waals surface area contributed by atoms with Crippen LogP contribution in [0, 0.1) is 11.8 Å². The second kappa shape index (κ2) is 1.25. The zero-order valence-electron chi connectivity index (χ0n) is 5.69. The van der Waals surface area contributed by atoms with Crippen molar-refractivity contribution in [1.29, 1.82) is 0 Å². The van der Waals surface area contributed by atoms with Crippen LogP contribution < -0.4 is 0 Å². The average molecular weight is 120 g/mol. The first-order valence-corrected chi connectivity index (χ1v) is 4.16. The van der Waals surface area contributed by atoms with Gasteiger partial charge in [0.2, 0.25) is 0 Å². The molecule has 0 radical (unpaired) electrons. The van der Waals surface area contributed by atoms with Gasteiger partial charge in [-0.25, -0.2) is 0 Å². The monoisotopic (exact) mass is 120 g/mol. The second-order valence-corrected chi connectivity index (χ2v) is 3.78. The van der Waals surface area contributed by atoms with E-state index >= 15 is 0 Å². The van der Waals surface area contributed by atoms with Gasteiger partial charge in [-0.3, -0.25) is 0 Å². The lowest BCUT2D eigenvalue weighted by Crippen LogP contribution is -2.14. The predicted molar refractivity (Wildman–Crippen MR) is 37.1 cm³/mol. The van der Waals surface area contributed by atoms with Crippen LogP contribution in [0.2, 0.25) is 0 Å². The van der Waals surface area contributed by atoms with Crippen molar-refractivity contribution in [3.8, 4) is 0 Å². The highest BCUT2D eigenvalue weighted by molar-refractivity contribution is 5.36. The number of hydrogen-bond donors (Lipinski definition) is 0. The van der Waals surface area contributed by atoms with Crippen molar-refractivity contribution in [3.05, 3.63) is 11.1 Å². The normalized spacial score (nSPS) is 45.3. The summed E-state index contributed by atoms with van der Waals surface area (Å²) in [5.74, 6) is 2.25. The lowest BCUT2D eigenvalue weighted by Gasteiger charge is -2.28. The van der Waals surface area contributed by atoms with E-state index in [1.54, 1.807) is 0 Å². The number of allylic oxidation sites excluding steroid dienone is 2. The molecule has 0 nitrogen and oxygen atoms in total. The Labute approximate surface area is 56.0 Å².